The van der Waals surface area contributed by atoms with Gasteiger partial charge in [-0.2, -0.15) is 74.6 Å². The standard InChI is InChI=1S/C18H18F17NO/c1-4-7-36(10(37)9(2)3)8-5-6-11(19,20)12(21,22)13(23,24)14(25,26)15(27,28)16(29,30)17(31,32)18(33,34)35/h2,4-8H2,1,3H3. The van der Waals surface area contributed by atoms with E-state index < -0.39 is 72.9 Å². The first-order valence-corrected chi connectivity index (χ1v) is 9.69. The molecule has 0 aliphatic rings. The molecular formula is C18H18F17NO. The van der Waals surface area contributed by atoms with Crippen molar-refractivity contribution in [3.63, 3.8) is 0 Å². The summed E-state index contributed by atoms with van der Waals surface area (Å²) in [6.45, 7) is 4.57. The summed E-state index contributed by atoms with van der Waals surface area (Å²) in [5, 5.41) is 0. The van der Waals surface area contributed by atoms with Crippen LogP contribution in [0.2, 0.25) is 0 Å². The molecular weight excluding hydrogens is 569 g/mol. The highest BCUT2D eigenvalue weighted by atomic mass is 19.4. The second kappa shape index (κ2) is 10.3. The van der Waals surface area contributed by atoms with Crippen molar-refractivity contribution in [3.8, 4) is 0 Å². The molecule has 0 unspecified atom stereocenters. The number of halogens is 17. The van der Waals surface area contributed by atoms with Crippen LogP contribution in [0.3, 0.4) is 0 Å². The van der Waals surface area contributed by atoms with E-state index in [4.69, 9.17) is 0 Å². The van der Waals surface area contributed by atoms with Crippen LogP contribution in [-0.2, 0) is 4.79 Å². The molecule has 0 rings (SSSR count). The van der Waals surface area contributed by atoms with Crippen LogP contribution in [0.5, 0.6) is 0 Å². The number of alkyl halides is 17. The van der Waals surface area contributed by atoms with Gasteiger partial charge in [0.05, 0.1) is 0 Å². The zero-order valence-electron chi connectivity index (χ0n) is 18.5. The lowest BCUT2D eigenvalue weighted by atomic mass is 9.88. The van der Waals surface area contributed by atoms with Crippen molar-refractivity contribution in [2.75, 3.05) is 13.1 Å². The van der Waals surface area contributed by atoms with Gasteiger partial charge < -0.3 is 4.90 Å². The summed E-state index contributed by atoms with van der Waals surface area (Å²) >= 11 is 0. The normalized spacial score (nSPS) is 15.1. The molecule has 0 aliphatic heterocycles. The highest BCUT2D eigenvalue weighted by Crippen LogP contribution is 2.64. The van der Waals surface area contributed by atoms with Gasteiger partial charge in [-0.25, -0.2) is 0 Å². The van der Waals surface area contributed by atoms with Gasteiger partial charge in [-0.15, -0.1) is 0 Å². The third-order valence-electron chi connectivity index (χ3n) is 4.85. The lowest BCUT2D eigenvalue weighted by Gasteiger charge is -2.42. The van der Waals surface area contributed by atoms with Crippen LogP contribution in [0.4, 0.5) is 74.6 Å². The van der Waals surface area contributed by atoms with Gasteiger partial charge in [0.1, 0.15) is 0 Å². The minimum Gasteiger partial charge on any atom is -0.339 e. The van der Waals surface area contributed by atoms with Crippen molar-refractivity contribution >= 4 is 5.91 Å². The first kappa shape index (κ1) is 35.0. The number of rotatable bonds is 13. The second-order valence-corrected chi connectivity index (χ2v) is 7.82. The summed E-state index contributed by atoms with van der Waals surface area (Å²) in [5.74, 6) is -57.4. The zero-order chi connectivity index (χ0) is 30.3. The number of nitrogens with zero attached hydrogens (tertiary/aromatic N) is 1. The van der Waals surface area contributed by atoms with E-state index in [2.05, 4.69) is 6.58 Å². The molecule has 0 aromatic heterocycles. The Bertz CT molecular complexity index is 831. The summed E-state index contributed by atoms with van der Waals surface area (Å²) in [6, 6.07) is 0. The van der Waals surface area contributed by atoms with E-state index in [0.717, 1.165) is 6.92 Å². The molecule has 0 aliphatic carbocycles. The maximum absolute atomic E-state index is 13.9. The van der Waals surface area contributed by atoms with Gasteiger partial charge in [-0.1, -0.05) is 13.5 Å². The lowest BCUT2D eigenvalue weighted by molar-refractivity contribution is -0.461. The Balaban J connectivity index is 6.28. The minimum atomic E-state index is -8.64. The molecule has 1 amide bonds. The fourth-order valence-corrected chi connectivity index (χ4v) is 2.70. The lowest BCUT2D eigenvalue weighted by Crippen LogP contribution is -2.74. The van der Waals surface area contributed by atoms with Crippen LogP contribution in [0.25, 0.3) is 0 Å². The predicted octanol–water partition coefficient (Wildman–Crippen LogP) is 7.59. The molecule has 0 fully saturated rings. The van der Waals surface area contributed by atoms with E-state index in [1.54, 1.807) is 0 Å². The summed E-state index contributed by atoms with van der Waals surface area (Å²) in [4.78, 5) is 12.5. The maximum Gasteiger partial charge on any atom is 0.460 e. The van der Waals surface area contributed by atoms with Gasteiger partial charge in [-0.3, -0.25) is 4.79 Å². The van der Waals surface area contributed by atoms with Gasteiger partial charge >= 0.3 is 47.6 Å². The predicted molar refractivity (Wildman–Crippen MR) is 91.6 cm³/mol. The SMILES string of the molecule is C=C(C)C(=O)N(CCC)CCCC(F)(F)C(F)(F)C(F)(F)C(F)(F)C(F)(F)C(F)(F)C(F)(F)C(F)(F)F. The van der Waals surface area contributed by atoms with E-state index in [-0.39, 0.29) is 18.5 Å². The van der Waals surface area contributed by atoms with E-state index in [0.29, 0.717) is 4.90 Å². The van der Waals surface area contributed by atoms with Crippen molar-refractivity contribution in [3.05, 3.63) is 12.2 Å². The smallest absolute Gasteiger partial charge is 0.339 e. The number of carbonyl (C=O) groups is 1. The Morgan fingerprint density at radius 2 is 0.973 bits per heavy atom. The molecule has 0 saturated heterocycles. The number of hydrogen-bond donors (Lipinski definition) is 0. The molecule has 0 aromatic rings. The molecule has 220 valence electrons. The molecule has 19 heteroatoms. The van der Waals surface area contributed by atoms with Crippen LogP contribution < -0.4 is 0 Å². The number of carbonyl (C=O) groups excluding carboxylic acids is 1. The zero-order valence-corrected chi connectivity index (χ0v) is 18.5. The number of hydrogen-bond acceptors (Lipinski definition) is 1. The van der Waals surface area contributed by atoms with Crippen LogP contribution in [0.1, 0.15) is 33.1 Å². The molecule has 0 spiro atoms. The third-order valence-corrected chi connectivity index (χ3v) is 4.85. The first-order valence-electron chi connectivity index (χ1n) is 9.69. The molecule has 37 heavy (non-hydrogen) atoms. The van der Waals surface area contributed by atoms with E-state index in [1.165, 1.54) is 6.92 Å². The van der Waals surface area contributed by atoms with Crippen LogP contribution in [0, 0.1) is 0 Å². The average molecular weight is 587 g/mol. The molecule has 0 radical (unpaired) electrons. The van der Waals surface area contributed by atoms with Crippen molar-refractivity contribution in [1.29, 1.82) is 0 Å². The molecule has 0 aromatic carbocycles. The summed E-state index contributed by atoms with van der Waals surface area (Å²) < 4.78 is 225. The monoisotopic (exact) mass is 587 g/mol. The Morgan fingerprint density at radius 3 is 1.30 bits per heavy atom. The summed E-state index contributed by atoms with van der Waals surface area (Å²) in [5.41, 5.74) is -0.212. The van der Waals surface area contributed by atoms with Gasteiger partial charge in [0, 0.05) is 25.1 Å². The summed E-state index contributed by atoms with van der Waals surface area (Å²) in [7, 11) is 0. The first-order chi connectivity index (χ1) is 16.0. The Hall–Kier alpha value is -1.98. The molecule has 2 nitrogen and oxygen atoms in total. The average Bonchev–Trinajstić information content (AvgIpc) is 2.70. The van der Waals surface area contributed by atoms with Gasteiger partial charge in [-0.05, 0) is 19.8 Å². The number of amides is 1. The van der Waals surface area contributed by atoms with Crippen LogP contribution >= 0.6 is 0 Å². The van der Waals surface area contributed by atoms with Crippen molar-refractivity contribution in [2.45, 2.75) is 80.7 Å². The summed E-state index contributed by atoms with van der Waals surface area (Å²) in [6.07, 6.45) is -11.6. The van der Waals surface area contributed by atoms with Crippen molar-refractivity contribution in [1.82, 2.24) is 4.90 Å². The highest BCUT2D eigenvalue weighted by molar-refractivity contribution is 5.92. The quantitative estimate of drug-likeness (QED) is 0.161. The van der Waals surface area contributed by atoms with E-state index in [9.17, 15) is 79.4 Å². The third kappa shape index (κ3) is 5.59. The van der Waals surface area contributed by atoms with E-state index >= 15 is 0 Å². The molecule has 0 saturated carbocycles. The molecule has 0 bridgehead atoms. The van der Waals surface area contributed by atoms with Crippen LogP contribution in [-0.4, -0.2) is 71.5 Å². The van der Waals surface area contributed by atoms with Gasteiger partial charge in [0.15, 0.2) is 0 Å². The maximum atomic E-state index is 13.9. The Kier molecular flexibility index (Phi) is 9.75. The largest absolute Gasteiger partial charge is 0.460 e. The minimum absolute atomic E-state index is 0.127. The van der Waals surface area contributed by atoms with Crippen molar-refractivity contribution in [2.24, 2.45) is 0 Å². The van der Waals surface area contributed by atoms with Gasteiger partial charge in [0.2, 0.25) is 5.91 Å². The second-order valence-electron chi connectivity index (χ2n) is 7.82. The van der Waals surface area contributed by atoms with E-state index in [1.807, 2.05) is 0 Å². The Morgan fingerprint density at radius 1 is 0.622 bits per heavy atom. The fraction of sp³-hybridized carbons (Fsp3) is 0.833. The van der Waals surface area contributed by atoms with Gasteiger partial charge in [0.25, 0.3) is 0 Å². The molecule has 0 heterocycles. The molecule has 0 atom stereocenters. The highest BCUT2D eigenvalue weighted by Gasteiger charge is 2.95. The Labute approximate surface area is 197 Å². The fourth-order valence-electron chi connectivity index (χ4n) is 2.70. The molecule has 0 N–H and O–H groups in total. The topological polar surface area (TPSA) is 20.3 Å². The van der Waals surface area contributed by atoms with Crippen LogP contribution in [0.15, 0.2) is 12.2 Å². The van der Waals surface area contributed by atoms with Crippen molar-refractivity contribution < 1.29 is 79.4 Å².